The van der Waals surface area contributed by atoms with E-state index in [2.05, 4.69) is 21.3 Å². The van der Waals surface area contributed by atoms with Gasteiger partial charge in [0.1, 0.15) is 11.9 Å². The first-order valence-electron chi connectivity index (χ1n) is 15.5. The third-order valence-electron chi connectivity index (χ3n) is 9.55. The number of allylic oxidation sites excluding steroid dienone is 1. The van der Waals surface area contributed by atoms with E-state index in [1.807, 2.05) is 0 Å². The van der Waals surface area contributed by atoms with Crippen LogP contribution in [0.25, 0.3) is 0 Å². The fourth-order valence-corrected chi connectivity index (χ4v) is 8.18. The molecule has 1 N–H and O–H groups in total. The zero-order valence-corrected chi connectivity index (χ0v) is 27.3. The second-order valence-corrected chi connectivity index (χ2v) is 15.2. The van der Waals surface area contributed by atoms with E-state index in [9.17, 15) is 32.0 Å². The van der Waals surface area contributed by atoms with Crippen LogP contribution in [0.1, 0.15) is 55.8 Å². The van der Waals surface area contributed by atoms with Crippen LogP contribution in [0.2, 0.25) is 5.28 Å². The lowest BCUT2D eigenvalue weighted by molar-refractivity contribution is -0.141. The van der Waals surface area contributed by atoms with E-state index in [1.54, 1.807) is 25.1 Å². The molecule has 1 aromatic heterocycles. The number of benzene rings is 1. The molecule has 2 aromatic rings. The van der Waals surface area contributed by atoms with Crippen molar-refractivity contribution in [2.75, 3.05) is 6.54 Å². The van der Waals surface area contributed by atoms with Crippen LogP contribution in [0.4, 0.5) is 9.18 Å². The van der Waals surface area contributed by atoms with Crippen LogP contribution in [0.15, 0.2) is 43.1 Å². The van der Waals surface area contributed by atoms with E-state index in [1.165, 1.54) is 28.1 Å². The summed E-state index contributed by atoms with van der Waals surface area (Å²) in [6.07, 6.45) is 2.48. The van der Waals surface area contributed by atoms with Crippen molar-refractivity contribution in [3.8, 4) is 0 Å². The molecule has 3 heterocycles. The van der Waals surface area contributed by atoms with Gasteiger partial charge in [-0.05, 0) is 54.5 Å². The van der Waals surface area contributed by atoms with E-state index in [-0.39, 0.29) is 50.6 Å². The molecule has 1 unspecified atom stereocenters. The normalized spacial score (nSPS) is 25.6. The summed E-state index contributed by atoms with van der Waals surface area (Å²) in [6, 6.07) is 5.22. The van der Waals surface area contributed by atoms with Gasteiger partial charge in [0, 0.05) is 49.2 Å². The van der Waals surface area contributed by atoms with Gasteiger partial charge in [-0.15, -0.1) is 6.58 Å². The molecular weight excluding hydrogens is 653 g/mol. The fraction of sp³-hybridized carbons (Fsp3) is 0.500. The number of hydrogen-bond acceptors (Lipinski definition) is 9. The van der Waals surface area contributed by atoms with E-state index >= 15 is 0 Å². The smallest absolute Gasteiger partial charge is 0.410 e. The largest absolute Gasteiger partial charge is 0.444 e. The number of nitrogens with zero attached hydrogens (tertiary/aromatic N) is 4. The Kier molecular flexibility index (Phi) is 8.85. The van der Waals surface area contributed by atoms with Crippen LogP contribution >= 0.6 is 11.6 Å². The van der Waals surface area contributed by atoms with E-state index in [4.69, 9.17) is 16.3 Å². The average Bonchev–Trinajstić information content (AvgIpc) is 3.91. The predicted molar refractivity (Wildman–Crippen MR) is 166 cm³/mol. The Balaban J connectivity index is 1.19. The summed E-state index contributed by atoms with van der Waals surface area (Å²) in [7, 11) is -3.85. The Morgan fingerprint density at radius 2 is 2.00 bits per heavy atom. The van der Waals surface area contributed by atoms with Crippen molar-refractivity contribution in [3.63, 3.8) is 0 Å². The topological polar surface area (TPSA) is 156 Å². The Hall–Kier alpha value is -3.91. The van der Waals surface area contributed by atoms with Gasteiger partial charge in [-0.25, -0.2) is 27.6 Å². The Morgan fingerprint density at radius 3 is 2.66 bits per heavy atom. The molecule has 2 aliphatic carbocycles. The number of rotatable bonds is 11. The molecule has 3 fully saturated rings. The number of Topliss-reactive ketones (excluding diaryl/α,β-unsaturated/α-hetero) is 1. The molecule has 0 spiro atoms. The highest BCUT2D eigenvalue weighted by Crippen LogP contribution is 2.57. The summed E-state index contributed by atoms with van der Waals surface area (Å²) < 4.78 is 47.4. The maximum Gasteiger partial charge on any atom is 0.410 e. The number of carbonyl (C=O) groups is 4. The molecule has 1 aromatic carbocycles. The summed E-state index contributed by atoms with van der Waals surface area (Å²) in [4.78, 5) is 65.1. The van der Waals surface area contributed by atoms with Gasteiger partial charge in [0.15, 0.2) is 5.78 Å². The lowest BCUT2D eigenvalue weighted by Crippen LogP contribution is -2.46. The summed E-state index contributed by atoms with van der Waals surface area (Å²) in [6.45, 7) is 5.55. The first-order valence-corrected chi connectivity index (χ1v) is 17.4. The monoisotopic (exact) mass is 687 g/mol. The molecular formula is C32H35ClFN5O7S. The molecule has 12 nitrogen and oxygen atoms in total. The molecule has 6 rings (SSSR count). The number of carbonyl (C=O) groups excluding carboxylic acids is 4. The summed E-state index contributed by atoms with van der Waals surface area (Å²) >= 11 is 5.92. The molecule has 4 aliphatic rings. The predicted octanol–water partition coefficient (Wildman–Crippen LogP) is 3.33. The van der Waals surface area contributed by atoms with Crippen molar-refractivity contribution in [3.05, 3.63) is 71.0 Å². The van der Waals surface area contributed by atoms with Gasteiger partial charge in [0.25, 0.3) is 0 Å². The molecule has 2 aliphatic heterocycles. The molecule has 15 heteroatoms. The van der Waals surface area contributed by atoms with Gasteiger partial charge in [0.2, 0.25) is 27.1 Å². The maximum absolute atomic E-state index is 14.3. The highest BCUT2D eigenvalue weighted by atomic mass is 35.5. The van der Waals surface area contributed by atoms with Crippen LogP contribution in [0.5, 0.6) is 0 Å². The van der Waals surface area contributed by atoms with Crippen molar-refractivity contribution in [1.29, 1.82) is 0 Å². The third-order valence-corrected chi connectivity index (χ3v) is 11.5. The van der Waals surface area contributed by atoms with Crippen LogP contribution in [-0.4, -0.2) is 75.8 Å². The maximum atomic E-state index is 14.3. The molecule has 2 saturated carbocycles. The zero-order valence-electron chi connectivity index (χ0n) is 25.7. The number of nitrogens with one attached hydrogen (secondary N) is 1. The Bertz CT molecular complexity index is 1750. The van der Waals surface area contributed by atoms with Crippen LogP contribution in [-0.2, 0) is 48.7 Å². The molecule has 1 saturated heterocycles. The number of hydrogen-bond donors (Lipinski definition) is 1. The summed E-state index contributed by atoms with van der Waals surface area (Å²) in [5, 5.41) is -0.592. The minimum absolute atomic E-state index is 0.0195. The fourth-order valence-electron chi connectivity index (χ4n) is 6.63. The highest BCUT2D eigenvalue weighted by Gasteiger charge is 2.61. The summed E-state index contributed by atoms with van der Waals surface area (Å²) in [5.74, 6) is -3.08. The standard InChI is InChI=1S/C32H35ClFN5O7S/c1-3-20-13-32(20,29(42)37-47(44,45)23-7-8-23)14-27(40)26-12-22(46-31(43)38-15-19-5-4-6-25(34)24(19)17-38)16-39(26)28(41)18(2)11-21-9-10-35-30(33)36-21/h3-6,9-10,18,20,22-23,26H,1,7-8,11-17H2,2H3,(H,37,42)/t18-,20+,22?,26-,32+/m0/s1. The van der Waals surface area contributed by atoms with E-state index in [0.717, 1.165) is 0 Å². The molecule has 3 amide bonds. The lowest BCUT2D eigenvalue weighted by atomic mass is 9.91. The zero-order chi connectivity index (χ0) is 33.7. The van der Waals surface area contributed by atoms with E-state index in [0.29, 0.717) is 29.7 Å². The van der Waals surface area contributed by atoms with Crippen molar-refractivity contribution >= 4 is 45.3 Å². The van der Waals surface area contributed by atoms with Gasteiger partial charge in [-0.3, -0.25) is 24.0 Å². The van der Waals surface area contributed by atoms with Gasteiger partial charge in [-0.2, -0.15) is 0 Å². The first-order chi connectivity index (χ1) is 22.3. The van der Waals surface area contributed by atoms with Crippen molar-refractivity contribution < 1.29 is 36.7 Å². The number of fused-ring (bicyclic) bond motifs is 1. The Labute approximate surface area is 276 Å². The van der Waals surface area contributed by atoms with Gasteiger partial charge in [-0.1, -0.05) is 25.1 Å². The molecule has 5 atom stereocenters. The molecule has 0 bridgehead atoms. The number of halogens is 2. The number of ether oxygens (including phenoxy) is 1. The SMILES string of the molecule is C=C[C@@H]1C[C@]1(CC(=O)[C@@H]1CC(OC(=O)N2Cc3cccc(F)c3C2)CN1C(=O)[C@@H](C)Cc1ccnc(Cl)n1)C(=O)NS(=O)(=O)C1CC1. The minimum Gasteiger partial charge on any atom is -0.444 e. The lowest BCUT2D eigenvalue weighted by Gasteiger charge is -2.27. The highest BCUT2D eigenvalue weighted by molar-refractivity contribution is 7.90. The van der Waals surface area contributed by atoms with Gasteiger partial charge >= 0.3 is 6.09 Å². The third kappa shape index (κ3) is 6.75. The van der Waals surface area contributed by atoms with Crippen LogP contribution in [0.3, 0.4) is 0 Å². The van der Waals surface area contributed by atoms with Gasteiger partial charge < -0.3 is 9.64 Å². The van der Waals surface area contributed by atoms with Crippen molar-refractivity contribution in [2.24, 2.45) is 17.3 Å². The number of ketones is 1. The van der Waals surface area contributed by atoms with Crippen molar-refractivity contribution in [1.82, 2.24) is 24.5 Å². The molecule has 250 valence electrons. The van der Waals surface area contributed by atoms with Crippen LogP contribution in [0, 0.1) is 23.1 Å². The van der Waals surface area contributed by atoms with E-state index < -0.39 is 74.2 Å². The van der Waals surface area contributed by atoms with Crippen LogP contribution < -0.4 is 4.72 Å². The summed E-state index contributed by atoms with van der Waals surface area (Å²) in [5.41, 5.74) is 0.299. The van der Waals surface area contributed by atoms with Crippen molar-refractivity contribution in [2.45, 2.75) is 75.9 Å². The first kappa shape index (κ1) is 33.0. The average molecular weight is 688 g/mol. The number of sulfonamides is 1. The number of aromatic nitrogens is 2. The minimum atomic E-state index is -3.85. The molecule has 0 radical (unpaired) electrons. The Morgan fingerprint density at radius 1 is 1.23 bits per heavy atom. The molecule has 47 heavy (non-hydrogen) atoms. The second-order valence-electron chi connectivity index (χ2n) is 12.9. The second kappa shape index (κ2) is 12.6. The van der Waals surface area contributed by atoms with Gasteiger partial charge in [0.05, 0.1) is 29.8 Å². The number of likely N-dealkylation sites (tertiary alicyclic amines) is 1. The quantitative estimate of drug-likeness (QED) is 0.277. The number of amides is 3.